The Bertz CT molecular complexity index is 431. The largest absolute Gasteiger partial charge is 0.467 e. The van der Waals surface area contributed by atoms with Crippen LogP contribution in [0.4, 0.5) is 0 Å². The highest BCUT2D eigenvalue weighted by atomic mass is 127. The molecule has 0 aliphatic heterocycles. The van der Waals surface area contributed by atoms with Gasteiger partial charge in [0.2, 0.25) is 0 Å². The second-order valence-electron chi connectivity index (χ2n) is 5.72. The van der Waals surface area contributed by atoms with E-state index in [1.165, 1.54) is 19.3 Å². The van der Waals surface area contributed by atoms with Gasteiger partial charge in [0.05, 0.1) is 6.26 Å². The van der Waals surface area contributed by atoms with Crippen molar-refractivity contribution in [1.82, 2.24) is 10.6 Å². The van der Waals surface area contributed by atoms with Gasteiger partial charge >= 0.3 is 0 Å². The van der Waals surface area contributed by atoms with E-state index >= 15 is 0 Å². The number of hydrogen-bond donors (Lipinski definition) is 2. The molecular weight excluding hydrogens is 393 g/mol. The van der Waals surface area contributed by atoms with Crippen molar-refractivity contribution in [2.24, 2.45) is 10.4 Å². The summed E-state index contributed by atoms with van der Waals surface area (Å²) in [7, 11) is 1.77. The molecule has 22 heavy (non-hydrogen) atoms. The average Bonchev–Trinajstić information content (AvgIpc) is 2.96. The fourth-order valence-electron chi connectivity index (χ4n) is 2.68. The summed E-state index contributed by atoms with van der Waals surface area (Å²) in [6, 6.07) is 3.83. The van der Waals surface area contributed by atoms with E-state index in [-0.39, 0.29) is 24.0 Å². The van der Waals surface area contributed by atoms with Crippen LogP contribution in [0.1, 0.15) is 38.4 Å². The Kier molecular flexibility index (Phi) is 8.85. The van der Waals surface area contributed by atoms with Crippen LogP contribution < -0.4 is 10.6 Å². The molecule has 1 aliphatic carbocycles. The first-order chi connectivity index (χ1) is 10.3. The van der Waals surface area contributed by atoms with Gasteiger partial charge in [-0.3, -0.25) is 0 Å². The van der Waals surface area contributed by atoms with Gasteiger partial charge < -0.3 is 19.8 Å². The normalized spacial score (nSPS) is 16.5. The Labute approximate surface area is 150 Å². The van der Waals surface area contributed by atoms with Gasteiger partial charge in [-0.2, -0.15) is 0 Å². The smallest absolute Gasteiger partial charge is 0.191 e. The minimum atomic E-state index is 0. The first-order valence-electron chi connectivity index (χ1n) is 7.81. The predicted octanol–water partition coefficient (Wildman–Crippen LogP) is 3.16. The van der Waals surface area contributed by atoms with Crippen LogP contribution in [-0.4, -0.2) is 32.8 Å². The van der Waals surface area contributed by atoms with Crippen LogP contribution in [0.15, 0.2) is 27.8 Å². The highest BCUT2D eigenvalue weighted by Gasteiger charge is 2.36. The van der Waals surface area contributed by atoms with Crippen LogP contribution in [0.25, 0.3) is 0 Å². The fraction of sp³-hybridized carbons (Fsp3) is 0.688. The molecule has 0 spiro atoms. The van der Waals surface area contributed by atoms with Gasteiger partial charge in [-0.05, 0) is 43.7 Å². The lowest BCUT2D eigenvalue weighted by atomic mass is 9.67. The zero-order chi connectivity index (χ0) is 15.0. The molecule has 1 aromatic rings. The summed E-state index contributed by atoms with van der Waals surface area (Å²) < 4.78 is 10.6. The lowest BCUT2D eigenvalue weighted by Gasteiger charge is -2.42. The number of methoxy groups -OCH3 is 1. The number of aliphatic imine (C=N–C) groups is 1. The molecule has 1 fully saturated rings. The number of rotatable bonds is 8. The topological polar surface area (TPSA) is 58.8 Å². The standard InChI is InChI=1S/C16H27N3O2.HI/c1-3-17-15(18-12-14-6-4-10-21-14)19-13-16(7-5-8-16)9-11-20-2;/h4,6,10H,3,5,7-9,11-13H2,1-2H3,(H2,17,18,19);1H. The lowest BCUT2D eigenvalue weighted by molar-refractivity contribution is 0.0732. The van der Waals surface area contributed by atoms with Gasteiger partial charge in [0.25, 0.3) is 0 Å². The van der Waals surface area contributed by atoms with Crippen LogP contribution in [0, 0.1) is 5.41 Å². The molecular formula is C16H28IN3O2. The number of nitrogens with one attached hydrogen (secondary N) is 2. The van der Waals surface area contributed by atoms with Crippen molar-refractivity contribution in [1.29, 1.82) is 0 Å². The fourth-order valence-corrected chi connectivity index (χ4v) is 2.68. The highest BCUT2D eigenvalue weighted by Crippen LogP contribution is 2.43. The van der Waals surface area contributed by atoms with Crippen LogP contribution in [0.2, 0.25) is 0 Å². The predicted molar refractivity (Wildman–Crippen MR) is 99.7 cm³/mol. The molecule has 126 valence electrons. The molecule has 6 heteroatoms. The van der Waals surface area contributed by atoms with E-state index in [0.717, 1.165) is 37.8 Å². The summed E-state index contributed by atoms with van der Waals surface area (Å²) in [5.74, 6) is 1.74. The number of furan rings is 1. The van der Waals surface area contributed by atoms with Gasteiger partial charge in [0.15, 0.2) is 5.96 Å². The summed E-state index contributed by atoms with van der Waals surface area (Å²) in [4.78, 5) is 4.57. The molecule has 1 aromatic heterocycles. The average molecular weight is 421 g/mol. The SMILES string of the molecule is CCNC(=NCc1ccco1)NCC1(CCOC)CCC1.I. The monoisotopic (exact) mass is 421 g/mol. The van der Waals surface area contributed by atoms with Crippen LogP contribution >= 0.6 is 24.0 Å². The maximum absolute atomic E-state index is 5.31. The minimum Gasteiger partial charge on any atom is -0.467 e. The van der Waals surface area contributed by atoms with E-state index in [4.69, 9.17) is 9.15 Å². The van der Waals surface area contributed by atoms with Crippen molar-refractivity contribution in [2.45, 2.75) is 39.2 Å². The molecule has 0 aromatic carbocycles. The van der Waals surface area contributed by atoms with E-state index in [1.54, 1.807) is 13.4 Å². The van der Waals surface area contributed by atoms with Crippen LogP contribution in [0.5, 0.6) is 0 Å². The summed E-state index contributed by atoms with van der Waals surface area (Å²) in [6.07, 6.45) is 6.68. The van der Waals surface area contributed by atoms with Gasteiger partial charge in [0, 0.05) is 26.8 Å². The molecule has 2 rings (SSSR count). The first-order valence-corrected chi connectivity index (χ1v) is 7.81. The van der Waals surface area contributed by atoms with Gasteiger partial charge in [0.1, 0.15) is 12.3 Å². The Morgan fingerprint density at radius 2 is 2.23 bits per heavy atom. The molecule has 1 aliphatic rings. The number of ether oxygens (including phenoxy) is 1. The third kappa shape index (κ3) is 5.79. The quantitative estimate of drug-likeness (QED) is 0.385. The second-order valence-corrected chi connectivity index (χ2v) is 5.72. The number of hydrogen-bond acceptors (Lipinski definition) is 3. The molecule has 5 nitrogen and oxygen atoms in total. The first kappa shape index (κ1) is 19.3. The third-order valence-corrected chi connectivity index (χ3v) is 4.20. The molecule has 0 bridgehead atoms. The van der Waals surface area contributed by atoms with E-state index in [0.29, 0.717) is 12.0 Å². The highest BCUT2D eigenvalue weighted by molar-refractivity contribution is 14.0. The van der Waals surface area contributed by atoms with E-state index in [1.807, 2.05) is 12.1 Å². The summed E-state index contributed by atoms with van der Waals surface area (Å²) in [5.41, 5.74) is 0.386. The van der Waals surface area contributed by atoms with Gasteiger partial charge in [-0.25, -0.2) is 4.99 Å². The summed E-state index contributed by atoms with van der Waals surface area (Å²) in [5, 5.41) is 6.76. The Balaban J connectivity index is 0.00000242. The molecule has 0 radical (unpaired) electrons. The number of guanidine groups is 1. The number of halogens is 1. The molecule has 1 heterocycles. The zero-order valence-corrected chi connectivity index (χ0v) is 15.9. The molecule has 0 saturated heterocycles. The van der Waals surface area contributed by atoms with Crippen molar-refractivity contribution >= 4 is 29.9 Å². The van der Waals surface area contributed by atoms with E-state index < -0.39 is 0 Å². The van der Waals surface area contributed by atoms with Crippen molar-refractivity contribution in [2.75, 3.05) is 26.8 Å². The van der Waals surface area contributed by atoms with Gasteiger partial charge in [-0.1, -0.05) is 6.42 Å². The van der Waals surface area contributed by atoms with Crippen LogP contribution in [-0.2, 0) is 11.3 Å². The second kappa shape index (κ2) is 10.1. The lowest BCUT2D eigenvalue weighted by Crippen LogP contribution is -2.46. The van der Waals surface area contributed by atoms with Crippen LogP contribution in [0.3, 0.4) is 0 Å². The Hall–Kier alpha value is -0.760. The molecule has 0 atom stereocenters. The maximum Gasteiger partial charge on any atom is 0.191 e. The zero-order valence-electron chi connectivity index (χ0n) is 13.6. The van der Waals surface area contributed by atoms with Crippen molar-refractivity contribution in [3.63, 3.8) is 0 Å². The Morgan fingerprint density at radius 1 is 1.41 bits per heavy atom. The van der Waals surface area contributed by atoms with Crippen molar-refractivity contribution in [3.8, 4) is 0 Å². The minimum absolute atomic E-state index is 0. The third-order valence-electron chi connectivity index (χ3n) is 4.20. The molecule has 2 N–H and O–H groups in total. The molecule has 0 unspecified atom stereocenters. The summed E-state index contributed by atoms with van der Waals surface area (Å²) >= 11 is 0. The maximum atomic E-state index is 5.31. The Morgan fingerprint density at radius 3 is 2.77 bits per heavy atom. The molecule has 1 saturated carbocycles. The van der Waals surface area contributed by atoms with Crippen molar-refractivity contribution in [3.05, 3.63) is 24.2 Å². The van der Waals surface area contributed by atoms with E-state index in [2.05, 4.69) is 22.5 Å². The van der Waals surface area contributed by atoms with Gasteiger partial charge in [-0.15, -0.1) is 24.0 Å². The van der Waals surface area contributed by atoms with Crippen molar-refractivity contribution < 1.29 is 9.15 Å². The van der Waals surface area contributed by atoms with E-state index in [9.17, 15) is 0 Å². The summed E-state index contributed by atoms with van der Waals surface area (Å²) in [6.45, 7) is 5.29. The molecule has 0 amide bonds. The number of nitrogens with zero attached hydrogens (tertiary/aromatic N) is 1.